The van der Waals surface area contributed by atoms with Crippen molar-refractivity contribution in [1.82, 2.24) is 19.4 Å². The number of carbonyl (C=O) groups is 1. The fourth-order valence-electron chi connectivity index (χ4n) is 3.27. The summed E-state index contributed by atoms with van der Waals surface area (Å²) >= 11 is 0. The molecular weight excluding hydrogens is 364 g/mol. The van der Waals surface area contributed by atoms with Crippen molar-refractivity contribution >= 4 is 16.9 Å². The van der Waals surface area contributed by atoms with Crippen molar-refractivity contribution in [1.29, 1.82) is 0 Å². The Hall–Kier alpha value is -3.67. The van der Waals surface area contributed by atoms with Gasteiger partial charge in [-0.15, -0.1) is 0 Å². The SMILES string of the molecule is CN(Cc1nc2ccccc2n1CCOc1ccccc1)C(=O)c1ccncc1. The van der Waals surface area contributed by atoms with Gasteiger partial charge in [0.1, 0.15) is 18.2 Å². The Bertz CT molecular complexity index is 1090. The molecule has 4 rings (SSSR count). The topological polar surface area (TPSA) is 60.2 Å². The molecule has 1 amide bonds. The van der Waals surface area contributed by atoms with Gasteiger partial charge >= 0.3 is 0 Å². The van der Waals surface area contributed by atoms with Crippen molar-refractivity contribution in [2.24, 2.45) is 0 Å². The van der Waals surface area contributed by atoms with Gasteiger partial charge in [0.25, 0.3) is 5.91 Å². The molecule has 0 aliphatic carbocycles. The van der Waals surface area contributed by atoms with Crippen LogP contribution in [0.4, 0.5) is 0 Å². The first-order chi connectivity index (χ1) is 14.2. The van der Waals surface area contributed by atoms with Crippen molar-refractivity contribution in [2.45, 2.75) is 13.1 Å². The predicted octanol–water partition coefficient (Wildman–Crippen LogP) is 3.78. The molecule has 2 heterocycles. The van der Waals surface area contributed by atoms with E-state index >= 15 is 0 Å². The molecule has 2 aromatic carbocycles. The van der Waals surface area contributed by atoms with Crippen LogP contribution in [0, 0.1) is 0 Å². The Morgan fingerprint density at radius 2 is 1.72 bits per heavy atom. The monoisotopic (exact) mass is 386 g/mol. The quantitative estimate of drug-likeness (QED) is 0.485. The van der Waals surface area contributed by atoms with Crippen LogP contribution < -0.4 is 4.74 Å². The summed E-state index contributed by atoms with van der Waals surface area (Å²) in [6, 6.07) is 21.2. The van der Waals surface area contributed by atoms with Gasteiger partial charge in [-0.1, -0.05) is 30.3 Å². The molecule has 146 valence electrons. The Morgan fingerprint density at radius 3 is 2.52 bits per heavy atom. The van der Waals surface area contributed by atoms with Gasteiger partial charge in [-0.2, -0.15) is 0 Å². The van der Waals surface area contributed by atoms with E-state index in [1.807, 2.05) is 54.6 Å². The van der Waals surface area contributed by atoms with Crippen LogP contribution in [0.2, 0.25) is 0 Å². The third-order valence-electron chi connectivity index (χ3n) is 4.71. The zero-order valence-corrected chi connectivity index (χ0v) is 16.2. The summed E-state index contributed by atoms with van der Waals surface area (Å²) in [6.07, 6.45) is 3.24. The van der Waals surface area contributed by atoms with Crippen LogP contribution in [-0.4, -0.2) is 39.0 Å². The van der Waals surface area contributed by atoms with Gasteiger partial charge in [0.05, 0.1) is 24.1 Å². The lowest BCUT2D eigenvalue weighted by atomic mass is 10.2. The minimum absolute atomic E-state index is 0.0634. The third-order valence-corrected chi connectivity index (χ3v) is 4.71. The lowest BCUT2D eigenvalue weighted by molar-refractivity contribution is 0.0780. The first kappa shape index (κ1) is 18.7. The number of imidazole rings is 1. The summed E-state index contributed by atoms with van der Waals surface area (Å²) in [5.74, 6) is 1.60. The first-order valence-electron chi connectivity index (χ1n) is 9.50. The number of hydrogen-bond donors (Lipinski definition) is 0. The summed E-state index contributed by atoms with van der Waals surface area (Å²) in [5, 5.41) is 0. The average Bonchev–Trinajstić information content (AvgIpc) is 3.11. The van der Waals surface area contributed by atoms with Crippen molar-refractivity contribution in [3.63, 3.8) is 0 Å². The van der Waals surface area contributed by atoms with Crippen LogP contribution in [0.3, 0.4) is 0 Å². The van der Waals surface area contributed by atoms with Gasteiger partial charge in [0, 0.05) is 25.0 Å². The number of benzene rings is 2. The van der Waals surface area contributed by atoms with E-state index in [1.165, 1.54) is 0 Å². The molecule has 0 saturated carbocycles. The molecule has 0 spiro atoms. The molecule has 0 atom stereocenters. The molecule has 6 nitrogen and oxygen atoms in total. The van der Waals surface area contributed by atoms with E-state index in [1.54, 1.807) is 36.5 Å². The van der Waals surface area contributed by atoms with E-state index in [2.05, 4.69) is 9.55 Å². The molecule has 0 aliphatic rings. The number of para-hydroxylation sites is 3. The van der Waals surface area contributed by atoms with Crippen LogP contribution in [0.25, 0.3) is 11.0 Å². The van der Waals surface area contributed by atoms with Gasteiger partial charge in [-0.3, -0.25) is 9.78 Å². The second-order valence-electron chi connectivity index (χ2n) is 6.73. The summed E-state index contributed by atoms with van der Waals surface area (Å²) in [7, 11) is 1.78. The van der Waals surface area contributed by atoms with E-state index in [9.17, 15) is 4.79 Å². The number of carbonyl (C=O) groups excluding carboxylic acids is 1. The average molecular weight is 386 g/mol. The van der Waals surface area contributed by atoms with Gasteiger partial charge < -0.3 is 14.2 Å². The normalized spacial score (nSPS) is 10.8. The molecule has 2 aromatic heterocycles. The van der Waals surface area contributed by atoms with Gasteiger partial charge in [0.15, 0.2) is 0 Å². The van der Waals surface area contributed by atoms with Crippen LogP contribution >= 0.6 is 0 Å². The minimum Gasteiger partial charge on any atom is -0.492 e. The maximum Gasteiger partial charge on any atom is 0.254 e. The molecule has 0 bridgehead atoms. The summed E-state index contributed by atoms with van der Waals surface area (Å²) < 4.78 is 7.99. The van der Waals surface area contributed by atoms with E-state index in [-0.39, 0.29) is 5.91 Å². The number of hydrogen-bond acceptors (Lipinski definition) is 4. The summed E-state index contributed by atoms with van der Waals surface area (Å²) in [5.41, 5.74) is 2.55. The molecule has 0 fully saturated rings. The highest BCUT2D eigenvalue weighted by Gasteiger charge is 2.17. The number of rotatable bonds is 7. The molecule has 4 aromatic rings. The number of aromatic nitrogens is 3. The molecule has 0 unspecified atom stereocenters. The highest BCUT2D eigenvalue weighted by Crippen LogP contribution is 2.18. The van der Waals surface area contributed by atoms with Gasteiger partial charge in [0.2, 0.25) is 0 Å². The predicted molar refractivity (Wildman–Crippen MR) is 112 cm³/mol. The number of ether oxygens (including phenoxy) is 1. The lowest BCUT2D eigenvalue weighted by Crippen LogP contribution is -2.28. The highest BCUT2D eigenvalue weighted by molar-refractivity contribution is 5.93. The maximum atomic E-state index is 12.7. The molecular formula is C23H22N4O2. The zero-order valence-electron chi connectivity index (χ0n) is 16.2. The lowest BCUT2D eigenvalue weighted by Gasteiger charge is -2.18. The van der Waals surface area contributed by atoms with E-state index in [0.717, 1.165) is 22.6 Å². The molecule has 6 heteroatoms. The second kappa shape index (κ2) is 8.56. The highest BCUT2D eigenvalue weighted by atomic mass is 16.5. The number of amides is 1. The largest absolute Gasteiger partial charge is 0.492 e. The van der Waals surface area contributed by atoms with Crippen molar-refractivity contribution in [3.8, 4) is 5.75 Å². The third kappa shape index (κ3) is 4.27. The van der Waals surface area contributed by atoms with Crippen molar-refractivity contribution < 1.29 is 9.53 Å². The Kier molecular flexibility index (Phi) is 5.52. The minimum atomic E-state index is -0.0634. The van der Waals surface area contributed by atoms with Gasteiger partial charge in [-0.05, 0) is 36.4 Å². The van der Waals surface area contributed by atoms with Crippen molar-refractivity contribution in [2.75, 3.05) is 13.7 Å². The van der Waals surface area contributed by atoms with Crippen molar-refractivity contribution in [3.05, 3.63) is 90.5 Å². The Balaban J connectivity index is 1.53. The molecule has 29 heavy (non-hydrogen) atoms. The van der Waals surface area contributed by atoms with Crippen LogP contribution in [0.5, 0.6) is 5.75 Å². The maximum absolute atomic E-state index is 12.7. The fraction of sp³-hybridized carbons (Fsp3) is 0.174. The van der Waals surface area contributed by atoms with Crippen LogP contribution in [-0.2, 0) is 13.1 Å². The number of nitrogens with zero attached hydrogens (tertiary/aromatic N) is 4. The van der Waals surface area contributed by atoms with E-state index in [4.69, 9.17) is 9.72 Å². The van der Waals surface area contributed by atoms with E-state index < -0.39 is 0 Å². The number of fused-ring (bicyclic) bond motifs is 1. The molecule has 0 N–H and O–H groups in total. The Labute approximate surface area is 169 Å². The molecule has 0 radical (unpaired) electrons. The second-order valence-corrected chi connectivity index (χ2v) is 6.73. The van der Waals surface area contributed by atoms with Crippen LogP contribution in [0.15, 0.2) is 79.1 Å². The number of pyridine rings is 1. The summed E-state index contributed by atoms with van der Waals surface area (Å²) in [4.78, 5) is 23.1. The molecule has 0 aliphatic heterocycles. The Morgan fingerprint density at radius 1 is 1.00 bits per heavy atom. The summed E-state index contributed by atoms with van der Waals surface area (Å²) in [6.45, 7) is 1.56. The van der Waals surface area contributed by atoms with Crippen LogP contribution in [0.1, 0.15) is 16.2 Å². The van der Waals surface area contributed by atoms with E-state index in [0.29, 0.717) is 25.3 Å². The zero-order chi connectivity index (χ0) is 20.1. The standard InChI is InChI=1S/C23H22N4O2/c1-26(23(28)18-11-13-24-14-12-18)17-22-25-20-9-5-6-10-21(20)27(22)15-16-29-19-7-3-2-4-8-19/h2-14H,15-17H2,1H3. The fourth-order valence-corrected chi connectivity index (χ4v) is 3.27. The smallest absolute Gasteiger partial charge is 0.254 e. The first-order valence-corrected chi connectivity index (χ1v) is 9.50. The molecule has 0 saturated heterocycles. The van der Waals surface area contributed by atoms with Gasteiger partial charge in [-0.25, -0.2) is 4.98 Å².